The molecular formula is C18H31NO2SSi. The third-order valence-corrected chi connectivity index (χ3v) is 11.1. The van der Waals surface area contributed by atoms with Gasteiger partial charge in [-0.05, 0) is 50.2 Å². The van der Waals surface area contributed by atoms with Crippen molar-refractivity contribution in [3.05, 3.63) is 29.8 Å². The average Bonchev–Trinajstić information content (AvgIpc) is 2.84. The molecule has 0 amide bonds. The van der Waals surface area contributed by atoms with Gasteiger partial charge in [0.25, 0.3) is 0 Å². The van der Waals surface area contributed by atoms with Crippen molar-refractivity contribution in [2.75, 3.05) is 12.3 Å². The molecule has 0 saturated carbocycles. The molecule has 0 bridgehead atoms. The summed E-state index contributed by atoms with van der Waals surface area (Å²) < 4.78 is 19.2. The fourth-order valence-electron chi connectivity index (χ4n) is 2.56. The topological polar surface area (TPSA) is 38.3 Å². The highest BCUT2D eigenvalue weighted by Crippen LogP contribution is 2.38. The number of aryl methyl sites for hydroxylation is 1. The average molecular weight is 354 g/mol. The van der Waals surface area contributed by atoms with Crippen LogP contribution in [0.5, 0.6) is 0 Å². The number of rotatable bonds is 5. The van der Waals surface area contributed by atoms with Gasteiger partial charge in [0, 0.05) is 16.7 Å². The summed E-state index contributed by atoms with van der Waals surface area (Å²) in [5.74, 6) is 0.627. The van der Waals surface area contributed by atoms with E-state index in [2.05, 4.69) is 39.2 Å². The molecule has 0 aliphatic carbocycles. The predicted octanol–water partition coefficient (Wildman–Crippen LogP) is 3.85. The fraction of sp³-hybridized carbons (Fsp3) is 0.667. The van der Waals surface area contributed by atoms with E-state index in [0.29, 0.717) is 5.75 Å². The van der Waals surface area contributed by atoms with E-state index >= 15 is 0 Å². The van der Waals surface area contributed by atoms with Crippen molar-refractivity contribution in [1.82, 2.24) is 5.32 Å². The molecule has 0 unspecified atom stereocenters. The van der Waals surface area contributed by atoms with E-state index in [-0.39, 0.29) is 17.2 Å². The van der Waals surface area contributed by atoms with Crippen LogP contribution in [0.1, 0.15) is 32.8 Å². The Labute approximate surface area is 144 Å². The van der Waals surface area contributed by atoms with Gasteiger partial charge < -0.3 is 9.74 Å². The van der Waals surface area contributed by atoms with Crippen molar-refractivity contribution >= 4 is 19.1 Å². The summed E-state index contributed by atoms with van der Waals surface area (Å²) in [4.78, 5) is 0.912. The molecule has 0 spiro atoms. The Bertz CT molecular complexity index is 551. The van der Waals surface area contributed by atoms with Crippen LogP contribution < -0.4 is 5.32 Å². The molecule has 23 heavy (non-hydrogen) atoms. The lowest BCUT2D eigenvalue weighted by atomic mass is 10.2. The third kappa shape index (κ3) is 4.75. The molecule has 1 heterocycles. The molecule has 1 fully saturated rings. The first-order valence-corrected chi connectivity index (χ1v) is 12.7. The second-order valence-corrected chi connectivity index (χ2v) is 14.3. The van der Waals surface area contributed by atoms with Gasteiger partial charge in [-0.2, -0.15) is 0 Å². The number of hydrogen-bond acceptors (Lipinski definition) is 3. The van der Waals surface area contributed by atoms with E-state index in [1.165, 1.54) is 5.56 Å². The van der Waals surface area contributed by atoms with Gasteiger partial charge in [-0.15, -0.1) is 0 Å². The van der Waals surface area contributed by atoms with Gasteiger partial charge in [-0.25, -0.2) is 0 Å². The minimum Gasteiger partial charge on any atom is -0.412 e. The Morgan fingerprint density at radius 3 is 2.43 bits per heavy atom. The van der Waals surface area contributed by atoms with Gasteiger partial charge in [0.2, 0.25) is 0 Å². The molecule has 1 N–H and O–H groups in total. The Kier molecular flexibility index (Phi) is 5.88. The molecule has 1 aliphatic rings. The largest absolute Gasteiger partial charge is 0.412 e. The van der Waals surface area contributed by atoms with Crippen molar-refractivity contribution < 1.29 is 8.63 Å². The van der Waals surface area contributed by atoms with Gasteiger partial charge in [-0.1, -0.05) is 38.5 Å². The monoisotopic (exact) mass is 353 g/mol. The Morgan fingerprint density at radius 2 is 1.87 bits per heavy atom. The maximum atomic E-state index is 12.6. The van der Waals surface area contributed by atoms with Crippen molar-refractivity contribution in [2.24, 2.45) is 0 Å². The fourth-order valence-corrected chi connectivity index (χ4v) is 5.24. The summed E-state index contributed by atoms with van der Waals surface area (Å²) in [6.45, 7) is 14.4. The zero-order valence-corrected chi connectivity index (χ0v) is 17.1. The summed E-state index contributed by atoms with van der Waals surface area (Å²) in [5.41, 5.74) is 1.20. The van der Waals surface area contributed by atoms with Gasteiger partial charge >= 0.3 is 0 Å². The van der Waals surface area contributed by atoms with Crippen LogP contribution in [0.4, 0.5) is 0 Å². The van der Waals surface area contributed by atoms with Crippen molar-refractivity contribution in [3.8, 4) is 0 Å². The number of nitrogens with one attached hydrogen (secondary N) is 1. The SMILES string of the molecule is Cc1ccc([S@](=O)C[C@@H]2NCC[C@H]2O[Si](C)(C)C(C)(C)C)cc1. The van der Waals surface area contributed by atoms with E-state index in [9.17, 15) is 4.21 Å². The highest BCUT2D eigenvalue weighted by atomic mass is 32.2. The lowest BCUT2D eigenvalue weighted by Gasteiger charge is -2.39. The maximum absolute atomic E-state index is 12.6. The molecule has 0 aromatic heterocycles. The van der Waals surface area contributed by atoms with Crippen LogP contribution in [0.3, 0.4) is 0 Å². The van der Waals surface area contributed by atoms with E-state index in [0.717, 1.165) is 17.9 Å². The van der Waals surface area contributed by atoms with Crippen LogP contribution >= 0.6 is 0 Å². The zero-order valence-electron chi connectivity index (χ0n) is 15.3. The first-order valence-electron chi connectivity index (χ1n) is 8.46. The van der Waals surface area contributed by atoms with E-state index in [1.807, 2.05) is 31.2 Å². The standard InChI is InChI=1S/C18H31NO2SSi/c1-14-7-9-15(10-8-14)22(20)13-16-17(11-12-19-16)21-23(5,6)18(2,3)4/h7-10,16-17,19H,11-13H2,1-6H3/t16-,17+,22+/m0/s1. The molecule has 1 aliphatic heterocycles. The van der Waals surface area contributed by atoms with Gasteiger partial charge in [0.1, 0.15) is 0 Å². The van der Waals surface area contributed by atoms with Gasteiger partial charge in [0.15, 0.2) is 8.32 Å². The molecule has 2 rings (SSSR count). The normalized spacial score (nSPS) is 23.9. The molecular weight excluding hydrogens is 322 g/mol. The molecule has 1 aromatic carbocycles. The van der Waals surface area contributed by atoms with Crippen LogP contribution in [0.25, 0.3) is 0 Å². The Morgan fingerprint density at radius 1 is 1.26 bits per heavy atom. The van der Waals surface area contributed by atoms with Crippen LogP contribution in [-0.4, -0.2) is 37.0 Å². The number of benzene rings is 1. The molecule has 5 heteroatoms. The minimum atomic E-state index is -1.79. The van der Waals surface area contributed by atoms with E-state index in [4.69, 9.17) is 4.43 Å². The lowest BCUT2D eigenvalue weighted by molar-refractivity contribution is 0.173. The molecule has 0 radical (unpaired) electrons. The second kappa shape index (κ2) is 7.17. The van der Waals surface area contributed by atoms with Gasteiger partial charge in [0.05, 0.1) is 16.9 Å². The zero-order chi connectivity index (χ0) is 17.3. The summed E-state index contributed by atoms with van der Waals surface area (Å²) in [5, 5.41) is 3.70. The highest BCUT2D eigenvalue weighted by Gasteiger charge is 2.42. The first kappa shape index (κ1) is 18.8. The van der Waals surface area contributed by atoms with Crippen LogP contribution in [0.2, 0.25) is 18.1 Å². The van der Waals surface area contributed by atoms with Crippen LogP contribution in [0, 0.1) is 6.92 Å². The Hall–Kier alpha value is -0.493. The third-order valence-electron chi connectivity index (χ3n) is 5.15. The summed E-state index contributed by atoms with van der Waals surface area (Å²) in [7, 11) is -2.77. The molecule has 3 atom stereocenters. The predicted molar refractivity (Wildman–Crippen MR) is 101 cm³/mol. The highest BCUT2D eigenvalue weighted by molar-refractivity contribution is 7.85. The van der Waals surface area contributed by atoms with Crippen molar-refractivity contribution in [2.45, 2.75) is 69.3 Å². The molecule has 1 saturated heterocycles. The van der Waals surface area contributed by atoms with Crippen molar-refractivity contribution in [1.29, 1.82) is 0 Å². The summed E-state index contributed by atoms with van der Waals surface area (Å²) in [6, 6.07) is 8.19. The minimum absolute atomic E-state index is 0.185. The maximum Gasteiger partial charge on any atom is 0.192 e. The quantitative estimate of drug-likeness (QED) is 0.817. The molecule has 3 nitrogen and oxygen atoms in total. The van der Waals surface area contributed by atoms with E-state index in [1.54, 1.807) is 0 Å². The van der Waals surface area contributed by atoms with Crippen LogP contribution in [-0.2, 0) is 15.2 Å². The van der Waals surface area contributed by atoms with Gasteiger partial charge in [-0.3, -0.25) is 4.21 Å². The number of hydrogen-bond donors (Lipinski definition) is 1. The Balaban J connectivity index is 2.02. The smallest absolute Gasteiger partial charge is 0.192 e. The second-order valence-electron chi connectivity index (χ2n) is 8.09. The van der Waals surface area contributed by atoms with E-state index < -0.39 is 19.1 Å². The molecule has 130 valence electrons. The first-order chi connectivity index (χ1) is 10.6. The lowest BCUT2D eigenvalue weighted by Crippen LogP contribution is -2.48. The van der Waals surface area contributed by atoms with Crippen molar-refractivity contribution in [3.63, 3.8) is 0 Å². The molecule has 1 aromatic rings. The summed E-state index contributed by atoms with van der Waals surface area (Å²) in [6.07, 6.45) is 1.20. The van der Waals surface area contributed by atoms with Crippen LogP contribution in [0.15, 0.2) is 29.2 Å². The summed E-state index contributed by atoms with van der Waals surface area (Å²) >= 11 is 0.